The van der Waals surface area contributed by atoms with Crippen molar-refractivity contribution in [3.8, 4) is 0 Å². The van der Waals surface area contributed by atoms with E-state index in [1.807, 2.05) is 6.07 Å². The van der Waals surface area contributed by atoms with Crippen molar-refractivity contribution in [2.75, 3.05) is 0 Å². The van der Waals surface area contributed by atoms with E-state index in [-0.39, 0.29) is 6.54 Å². The van der Waals surface area contributed by atoms with Gasteiger partial charge in [-0.1, -0.05) is 29.3 Å². The van der Waals surface area contributed by atoms with Gasteiger partial charge in [-0.15, -0.1) is 5.10 Å². The highest BCUT2D eigenvalue weighted by Crippen LogP contribution is 2.24. The molecular formula is C13H14Cl2N4O2. The van der Waals surface area contributed by atoms with Gasteiger partial charge in [-0.2, -0.15) is 0 Å². The number of aromatic nitrogens is 4. The number of tetrazole rings is 1. The molecule has 0 amide bonds. The largest absolute Gasteiger partial charge is 0.481 e. The summed E-state index contributed by atoms with van der Waals surface area (Å²) in [6.45, 7) is 3.44. The van der Waals surface area contributed by atoms with E-state index in [1.54, 1.807) is 26.0 Å². The van der Waals surface area contributed by atoms with Gasteiger partial charge in [-0.05, 0) is 42.0 Å². The number of aliphatic carboxylic acids is 1. The van der Waals surface area contributed by atoms with E-state index in [0.29, 0.717) is 22.3 Å². The van der Waals surface area contributed by atoms with Crippen LogP contribution in [0.5, 0.6) is 0 Å². The summed E-state index contributed by atoms with van der Waals surface area (Å²) in [6.07, 6.45) is 0.444. The van der Waals surface area contributed by atoms with Gasteiger partial charge in [0.05, 0.1) is 22.0 Å². The quantitative estimate of drug-likeness (QED) is 0.912. The number of halogens is 2. The molecule has 0 aliphatic rings. The van der Waals surface area contributed by atoms with Gasteiger partial charge < -0.3 is 5.11 Å². The van der Waals surface area contributed by atoms with Gasteiger partial charge in [0.1, 0.15) is 0 Å². The number of nitrogens with zero attached hydrogens (tertiary/aromatic N) is 4. The van der Waals surface area contributed by atoms with E-state index in [4.69, 9.17) is 23.2 Å². The smallest absolute Gasteiger partial charge is 0.310 e. The zero-order valence-electron chi connectivity index (χ0n) is 11.5. The Kier molecular flexibility index (Phi) is 4.49. The zero-order chi connectivity index (χ0) is 15.6. The van der Waals surface area contributed by atoms with Crippen molar-refractivity contribution in [3.63, 3.8) is 0 Å². The van der Waals surface area contributed by atoms with Crippen molar-refractivity contribution in [2.24, 2.45) is 5.41 Å². The monoisotopic (exact) mass is 328 g/mol. The SMILES string of the molecule is CC(C)(Cn1nnnc1Cc1ccc(Cl)c(Cl)c1)C(=O)O. The summed E-state index contributed by atoms with van der Waals surface area (Å²) >= 11 is 11.8. The Morgan fingerprint density at radius 2 is 2.05 bits per heavy atom. The summed E-state index contributed by atoms with van der Waals surface area (Å²) in [5.74, 6) is -0.332. The maximum Gasteiger partial charge on any atom is 0.310 e. The third-order valence-electron chi connectivity index (χ3n) is 3.08. The minimum atomic E-state index is -0.957. The molecule has 0 radical (unpaired) electrons. The van der Waals surface area contributed by atoms with Crippen molar-refractivity contribution in [2.45, 2.75) is 26.8 Å². The number of hydrogen-bond acceptors (Lipinski definition) is 4. The predicted octanol–water partition coefficient (Wildman–Crippen LogP) is 2.68. The third kappa shape index (κ3) is 3.71. The van der Waals surface area contributed by atoms with Crippen LogP contribution in [0.2, 0.25) is 10.0 Å². The molecule has 1 N–H and O–H groups in total. The molecule has 21 heavy (non-hydrogen) atoms. The van der Waals surface area contributed by atoms with E-state index in [2.05, 4.69) is 15.5 Å². The minimum Gasteiger partial charge on any atom is -0.481 e. The van der Waals surface area contributed by atoms with E-state index in [0.717, 1.165) is 5.56 Å². The summed E-state index contributed by atoms with van der Waals surface area (Å²) in [7, 11) is 0. The Balaban J connectivity index is 2.21. The molecule has 0 fully saturated rings. The molecule has 2 aromatic rings. The Bertz CT molecular complexity index is 670. The number of carboxylic acids is 1. The van der Waals surface area contributed by atoms with Crippen LogP contribution in [0.3, 0.4) is 0 Å². The fourth-order valence-corrected chi connectivity index (χ4v) is 2.07. The van der Waals surface area contributed by atoms with Gasteiger partial charge in [-0.25, -0.2) is 4.68 Å². The summed E-state index contributed by atoms with van der Waals surface area (Å²) in [5.41, 5.74) is -0.0597. The first-order valence-corrected chi connectivity index (χ1v) is 6.97. The molecule has 8 heteroatoms. The van der Waals surface area contributed by atoms with Crippen LogP contribution in [0.4, 0.5) is 0 Å². The van der Waals surface area contributed by atoms with Crippen LogP contribution >= 0.6 is 23.2 Å². The van der Waals surface area contributed by atoms with Crippen molar-refractivity contribution in [1.29, 1.82) is 0 Å². The highest BCUT2D eigenvalue weighted by Gasteiger charge is 2.29. The Morgan fingerprint density at radius 1 is 1.33 bits per heavy atom. The molecule has 1 aromatic heterocycles. The van der Waals surface area contributed by atoms with E-state index >= 15 is 0 Å². The molecule has 0 saturated heterocycles. The second-order valence-corrected chi connectivity index (χ2v) is 6.18. The Hall–Kier alpha value is -1.66. The third-order valence-corrected chi connectivity index (χ3v) is 3.82. The molecule has 112 valence electrons. The van der Waals surface area contributed by atoms with Gasteiger partial charge in [0.15, 0.2) is 5.82 Å². The normalized spacial score (nSPS) is 11.6. The standard InChI is InChI=1S/C13H14Cl2N4O2/c1-13(2,12(20)21)7-19-11(16-17-18-19)6-8-3-4-9(14)10(15)5-8/h3-5H,6-7H2,1-2H3,(H,20,21). The van der Waals surface area contributed by atoms with Crippen molar-refractivity contribution < 1.29 is 9.90 Å². The number of benzene rings is 1. The summed E-state index contributed by atoms with van der Waals surface area (Å²) in [4.78, 5) is 11.2. The van der Waals surface area contributed by atoms with Crippen LogP contribution in [0.25, 0.3) is 0 Å². The highest BCUT2D eigenvalue weighted by atomic mass is 35.5. The first-order valence-electron chi connectivity index (χ1n) is 6.22. The van der Waals surface area contributed by atoms with Crippen LogP contribution in [-0.2, 0) is 17.8 Å². The molecule has 0 spiro atoms. The molecule has 6 nitrogen and oxygen atoms in total. The van der Waals surface area contributed by atoms with Crippen LogP contribution in [0.15, 0.2) is 18.2 Å². The Labute approximate surface area is 131 Å². The molecule has 0 saturated carbocycles. The summed E-state index contributed by atoms with van der Waals surface area (Å²) in [6, 6.07) is 5.27. The molecule has 0 aliphatic heterocycles. The summed E-state index contributed by atoms with van der Waals surface area (Å²) < 4.78 is 1.50. The maximum absolute atomic E-state index is 11.2. The van der Waals surface area contributed by atoms with Gasteiger partial charge in [0.25, 0.3) is 0 Å². The number of rotatable bonds is 5. The first-order chi connectivity index (χ1) is 9.79. The van der Waals surface area contributed by atoms with E-state index in [1.165, 1.54) is 4.68 Å². The second-order valence-electron chi connectivity index (χ2n) is 5.37. The van der Waals surface area contributed by atoms with Gasteiger partial charge in [-0.3, -0.25) is 4.79 Å². The fraction of sp³-hybridized carbons (Fsp3) is 0.385. The fourth-order valence-electron chi connectivity index (χ4n) is 1.75. The lowest BCUT2D eigenvalue weighted by Gasteiger charge is -2.19. The van der Waals surface area contributed by atoms with Gasteiger partial charge in [0.2, 0.25) is 0 Å². The highest BCUT2D eigenvalue weighted by molar-refractivity contribution is 6.42. The minimum absolute atomic E-state index is 0.186. The molecule has 0 atom stereocenters. The molecule has 0 aliphatic carbocycles. The molecule has 0 unspecified atom stereocenters. The second kappa shape index (κ2) is 5.99. The zero-order valence-corrected chi connectivity index (χ0v) is 13.1. The average molecular weight is 329 g/mol. The topological polar surface area (TPSA) is 80.9 Å². The lowest BCUT2D eigenvalue weighted by molar-refractivity contribution is -0.147. The predicted molar refractivity (Wildman–Crippen MR) is 78.5 cm³/mol. The van der Waals surface area contributed by atoms with Crippen molar-refractivity contribution in [1.82, 2.24) is 20.2 Å². The number of carbonyl (C=O) groups is 1. The number of hydrogen-bond donors (Lipinski definition) is 1. The molecule has 1 heterocycles. The average Bonchev–Trinajstić information content (AvgIpc) is 2.80. The number of carboxylic acid groups (broad SMARTS) is 1. The lowest BCUT2D eigenvalue weighted by atomic mass is 9.94. The molecule has 1 aromatic carbocycles. The van der Waals surface area contributed by atoms with Crippen molar-refractivity contribution >= 4 is 29.2 Å². The van der Waals surface area contributed by atoms with Crippen molar-refractivity contribution in [3.05, 3.63) is 39.6 Å². The molecule has 0 bridgehead atoms. The molecular weight excluding hydrogens is 315 g/mol. The van der Waals surface area contributed by atoms with E-state index in [9.17, 15) is 9.90 Å². The Morgan fingerprint density at radius 3 is 2.67 bits per heavy atom. The van der Waals surface area contributed by atoms with Crippen LogP contribution < -0.4 is 0 Å². The van der Waals surface area contributed by atoms with Crippen LogP contribution in [0, 0.1) is 5.41 Å². The lowest BCUT2D eigenvalue weighted by Crippen LogP contribution is -2.30. The van der Waals surface area contributed by atoms with E-state index < -0.39 is 11.4 Å². The maximum atomic E-state index is 11.2. The molecule has 2 rings (SSSR count). The first kappa shape index (κ1) is 15.7. The van der Waals surface area contributed by atoms with Crippen LogP contribution in [0.1, 0.15) is 25.2 Å². The van der Waals surface area contributed by atoms with Gasteiger partial charge in [0, 0.05) is 6.42 Å². The summed E-state index contributed by atoms with van der Waals surface area (Å²) in [5, 5.41) is 21.5. The van der Waals surface area contributed by atoms with Gasteiger partial charge >= 0.3 is 5.97 Å². The van der Waals surface area contributed by atoms with Crippen LogP contribution in [-0.4, -0.2) is 31.3 Å².